The Labute approximate surface area is 70.9 Å². The van der Waals surface area contributed by atoms with Crippen molar-refractivity contribution in [3.8, 4) is 0 Å². The summed E-state index contributed by atoms with van der Waals surface area (Å²) in [5.41, 5.74) is 0. The molecule has 1 aliphatic heterocycles. The fourth-order valence-corrected chi connectivity index (χ4v) is 1.14. The first-order valence-electron chi connectivity index (χ1n) is 3.80. The summed E-state index contributed by atoms with van der Waals surface area (Å²) in [6, 6.07) is 0. The monoisotopic (exact) mass is 172 g/mol. The van der Waals surface area contributed by atoms with E-state index in [-0.39, 0.29) is 6.09 Å². The van der Waals surface area contributed by atoms with Crippen LogP contribution in [0.2, 0.25) is 0 Å². The Morgan fingerprint density at radius 2 is 1.92 bits per heavy atom. The van der Waals surface area contributed by atoms with Gasteiger partial charge in [0.25, 0.3) is 0 Å². The highest BCUT2D eigenvalue weighted by Crippen LogP contribution is 2.00. The van der Waals surface area contributed by atoms with E-state index in [0.29, 0.717) is 26.2 Å². The molecule has 2 amide bonds. The molecule has 1 saturated heterocycles. The molecule has 0 aromatic heterocycles. The maximum absolute atomic E-state index is 11.0. The molecule has 0 bridgehead atoms. The molecule has 0 radical (unpaired) electrons. The normalized spacial score (nSPS) is 17.4. The summed E-state index contributed by atoms with van der Waals surface area (Å²) < 4.78 is 4.54. The summed E-state index contributed by atoms with van der Waals surface area (Å²) in [6.45, 7) is 2.31. The largest absolute Gasteiger partial charge is 0.453 e. The lowest BCUT2D eigenvalue weighted by Crippen LogP contribution is -2.48. The molecule has 5 heteroatoms. The molecule has 5 nitrogen and oxygen atoms in total. The zero-order valence-electron chi connectivity index (χ0n) is 7.02. The average Bonchev–Trinajstić information content (AvgIpc) is 2.17. The molecular formula is C7H12N2O3. The fraction of sp³-hybridized carbons (Fsp3) is 0.714. The van der Waals surface area contributed by atoms with E-state index < -0.39 is 0 Å². The van der Waals surface area contributed by atoms with Crippen molar-refractivity contribution in [3.63, 3.8) is 0 Å². The summed E-state index contributed by atoms with van der Waals surface area (Å²) in [6.07, 6.45) is 0.481. The minimum Gasteiger partial charge on any atom is -0.453 e. The quantitative estimate of drug-likeness (QED) is 0.502. The molecule has 1 heterocycles. The van der Waals surface area contributed by atoms with Crippen molar-refractivity contribution < 1.29 is 14.3 Å². The number of ether oxygens (including phenoxy) is 1. The second-order valence-electron chi connectivity index (χ2n) is 2.60. The van der Waals surface area contributed by atoms with Crippen molar-refractivity contribution >= 4 is 12.5 Å². The van der Waals surface area contributed by atoms with Gasteiger partial charge in [0.05, 0.1) is 7.11 Å². The topological polar surface area (TPSA) is 49.9 Å². The number of amides is 2. The van der Waals surface area contributed by atoms with Crippen LogP contribution in [0.1, 0.15) is 0 Å². The number of hydrogen-bond acceptors (Lipinski definition) is 3. The van der Waals surface area contributed by atoms with Gasteiger partial charge < -0.3 is 14.5 Å². The summed E-state index contributed by atoms with van der Waals surface area (Å²) in [5, 5.41) is 0. The number of carbonyl (C=O) groups is 2. The van der Waals surface area contributed by atoms with Gasteiger partial charge in [-0.05, 0) is 0 Å². The minimum atomic E-state index is -0.319. The maximum Gasteiger partial charge on any atom is 0.409 e. The summed E-state index contributed by atoms with van der Waals surface area (Å²) in [7, 11) is 1.36. The van der Waals surface area contributed by atoms with Gasteiger partial charge in [-0.1, -0.05) is 0 Å². The standard InChI is InChI=1S/C7H12N2O3/c1-12-7(11)9-4-2-8(6-10)3-5-9/h6H,2-5H2,1H3. The van der Waals surface area contributed by atoms with E-state index in [4.69, 9.17) is 0 Å². The van der Waals surface area contributed by atoms with Crippen molar-refractivity contribution in [2.75, 3.05) is 33.3 Å². The SMILES string of the molecule is COC(=O)N1CCN(C=O)CC1. The van der Waals surface area contributed by atoms with Crippen molar-refractivity contribution in [2.24, 2.45) is 0 Å². The molecular weight excluding hydrogens is 160 g/mol. The highest BCUT2D eigenvalue weighted by atomic mass is 16.5. The number of piperazine rings is 1. The van der Waals surface area contributed by atoms with E-state index in [1.54, 1.807) is 9.80 Å². The van der Waals surface area contributed by atoms with Crippen LogP contribution in [0.15, 0.2) is 0 Å². The third-order valence-electron chi connectivity index (χ3n) is 1.90. The van der Waals surface area contributed by atoms with E-state index in [0.717, 1.165) is 6.41 Å². The Balaban J connectivity index is 2.35. The Bertz CT molecular complexity index is 175. The van der Waals surface area contributed by atoms with Crippen LogP contribution in [0.4, 0.5) is 4.79 Å². The maximum atomic E-state index is 11.0. The number of nitrogens with zero attached hydrogens (tertiary/aromatic N) is 2. The molecule has 0 aromatic rings. The Morgan fingerprint density at radius 1 is 1.33 bits per heavy atom. The van der Waals surface area contributed by atoms with Crippen LogP contribution in [0, 0.1) is 0 Å². The lowest BCUT2D eigenvalue weighted by atomic mass is 10.3. The van der Waals surface area contributed by atoms with Gasteiger partial charge in [0.1, 0.15) is 0 Å². The van der Waals surface area contributed by atoms with E-state index in [2.05, 4.69) is 4.74 Å². The third-order valence-corrected chi connectivity index (χ3v) is 1.90. The van der Waals surface area contributed by atoms with Crippen LogP contribution in [0.25, 0.3) is 0 Å². The van der Waals surface area contributed by atoms with Crippen LogP contribution in [0.5, 0.6) is 0 Å². The number of carbonyl (C=O) groups excluding carboxylic acids is 2. The molecule has 0 atom stereocenters. The minimum absolute atomic E-state index is 0.319. The first-order chi connectivity index (χ1) is 5.77. The Hall–Kier alpha value is -1.26. The summed E-state index contributed by atoms with van der Waals surface area (Å²) in [4.78, 5) is 24.5. The third kappa shape index (κ3) is 1.87. The number of methoxy groups -OCH3 is 1. The van der Waals surface area contributed by atoms with Gasteiger partial charge in [-0.3, -0.25) is 4.79 Å². The second kappa shape index (κ2) is 3.94. The molecule has 0 saturated carbocycles. The van der Waals surface area contributed by atoms with Crippen LogP contribution in [-0.2, 0) is 9.53 Å². The predicted molar refractivity (Wildman–Crippen MR) is 41.6 cm³/mol. The smallest absolute Gasteiger partial charge is 0.409 e. The molecule has 1 aliphatic rings. The second-order valence-corrected chi connectivity index (χ2v) is 2.60. The van der Waals surface area contributed by atoms with Gasteiger partial charge in [0.15, 0.2) is 0 Å². The predicted octanol–water partition coefficient (Wildman–Crippen LogP) is -0.473. The molecule has 0 aromatic carbocycles. The first kappa shape index (κ1) is 8.83. The Morgan fingerprint density at radius 3 is 2.33 bits per heavy atom. The average molecular weight is 172 g/mol. The van der Waals surface area contributed by atoms with Crippen molar-refractivity contribution in [1.29, 1.82) is 0 Å². The van der Waals surface area contributed by atoms with Gasteiger partial charge in [-0.25, -0.2) is 4.79 Å². The van der Waals surface area contributed by atoms with Gasteiger partial charge in [0.2, 0.25) is 6.41 Å². The van der Waals surface area contributed by atoms with Crippen molar-refractivity contribution in [1.82, 2.24) is 9.80 Å². The number of rotatable bonds is 1. The van der Waals surface area contributed by atoms with E-state index in [9.17, 15) is 9.59 Å². The molecule has 0 aliphatic carbocycles. The van der Waals surface area contributed by atoms with Crippen molar-refractivity contribution in [3.05, 3.63) is 0 Å². The number of hydrogen-bond donors (Lipinski definition) is 0. The molecule has 0 spiro atoms. The fourth-order valence-electron chi connectivity index (χ4n) is 1.14. The zero-order chi connectivity index (χ0) is 8.97. The van der Waals surface area contributed by atoms with Crippen LogP contribution >= 0.6 is 0 Å². The highest BCUT2D eigenvalue weighted by molar-refractivity contribution is 5.67. The van der Waals surface area contributed by atoms with Crippen LogP contribution < -0.4 is 0 Å². The summed E-state index contributed by atoms with van der Waals surface area (Å²) >= 11 is 0. The first-order valence-corrected chi connectivity index (χ1v) is 3.80. The zero-order valence-corrected chi connectivity index (χ0v) is 7.02. The molecule has 68 valence electrons. The molecule has 0 unspecified atom stereocenters. The molecule has 1 rings (SSSR count). The summed E-state index contributed by atoms with van der Waals surface area (Å²) in [5.74, 6) is 0. The van der Waals surface area contributed by atoms with Crippen LogP contribution in [0.3, 0.4) is 0 Å². The van der Waals surface area contributed by atoms with Crippen molar-refractivity contribution in [2.45, 2.75) is 0 Å². The van der Waals surface area contributed by atoms with E-state index in [1.807, 2.05) is 0 Å². The molecule has 0 N–H and O–H groups in total. The van der Waals surface area contributed by atoms with E-state index >= 15 is 0 Å². The lowest BCUT2D eigenvalue weighted by Gasteiger charge is -2.31. The van der Waals surface area contributed by atoms with Gasteiger partial charge in [-0.2, -0.15) is 0 Å². The molecule has 1 fully saturated rings. The van der Waals surface area contributed by atoms with Gasteiger partial charge >= 0.3 is 6.09 Å². The van der Waals surface area contributed by atoms with E-state index in [1.165, 1.54) is 7.11 Å². The molecule has 12 heavy (non-hydrogen) atoms. The Kier molecular flexibility index (Phi) is 2.90. The highest BCUT2D eigenvalue weighted by Gasteiger charge is 2.19. The van der Waals surface area contributed by atoms with Gasteiger partial charge in [-0.15, -0.1) is 0 Å². The lowest BCUT2D eigenvalue weighted by molar-refractivity contribution is -0.119. The van der Waals surface area contributed by atoms with Crippen LogP contribution in [-0.4, -0.2) is 55.6 Å². The van der Waals surface area contributed by atoms with Gasteiger partial charge in [0, 0.05) is 26.2 Å².